The van der Waals surface area contributed by atoms with Crippen LogP contribution < -0.4 is 0 Å². The van der Waals surface area contributed by atoms with Crippen LogP contribution in [0.5, 0.6) is 0 Å². The third-order valence-electron chi connectivity index (χ3n) is 5.62. The van der Waals surface area contributed by atoms with Crippen LogP contribution in [0, 0.1) is 5.92 Å². The fourth-order valence-corrected chi connectivity index (χ4v) is 4.99. The summed E-state index contributed by atoms with van der Waals surface area (Å²) in [6, 6.07) is 4.77. The second-order valence-corrected chi connectivity index (χ2v) is 7.89. The summed E-state index contributed by atoms with van der Waals surface area (Å²) >= 11 is 1.55. The standard InChI is InChI=1S/C17H25N3OS/c21-17(16-2-1-11-22-16)19-8-5-18(6-9-19)7-10-20-13-14-3-4-15(20)12-14/h1-2,11,14-15H,3-10,12-13H2/t14-,15+/m0/s1. The van der Waals surface area contributed by atoms with Crippen molar-refractivity contribution in [2.24, 2.45) is 5.92 Å². The van der Waals surface area contributed by atoms with Gasteiger partial charge >= 0.3 is 0 Å². The van der Waals surface area contributed by atoms with E-state index in [2.05, 4.69) is 9.80 Å². The van der Waals surface area contributed by atoms with Crippen LogP contribution in [0.2, 0.25) is 0 Å². The number of likely N-dealkylation sites (tertiary alicyclic amines) is 1. The topological polar surface area (TPSA) is 26.8 Å². The maximum Gasteiger partial charge on any atom is 0.264 e. The third-order valence-corrected chi connectivity index (χ3v) is 6.48. The molecule has 1 aromatic heterocycles. The lowest BCUT2D eigenvalue weighted by atomic mass is 10.1. The van der Waals surface area contributed by atoms with Crippen molar-refractivity contribution in [3.63, 3.8) is 0 Å². The van der Waals surface area contributed by atoms with Crippen molar-refractivity contribution in [3.05, 3.63) is 22.4 Å². The molecule has 0 N–H and O–H groups in total. The van der Waals surface area contributed by atoms with Gasteiger partial charge in [0.25, 0.3) is 5.91 Å². The van der Waals surface area contributed by atoms with E-state index in [0.717, 1.165) is 43.0 Å². The number of hydrogen-bond donors (Lipinski definition) is 0. The van der Waals surface area contributed by atoms with Gasteiger partial charge in [0.1, 0.15) is 0 Å². The second-order valence-electron chi connectivity index (χ2n) is 6.94. The SMILES string of the molecule is O=C(c1cccs1)N1CCN(CCN2C[C@H]3CC[C@@H]2C3)CC1. The molecule has 1 aromatic rings. The molecular formula is C17H25N3OS. The number of nitrogens with zero attached hydrogens (tertiary/aromatic N) is 3. The molecule has 3 fully saturated rings. The molecule has 5 heteroatoms. The number of rotatable bonds is 4. The molecule has 0 spiro atoms. The van der Waals surface area contributed by atoms with E-state index in [-0.39, 0.29) is 5.91 Å². The Labute approximate surface area is 136 Å². The summed E-state index contributed by atoms with van der Waals surface area (Å²) in [5.41, 5.74) is 0. The van der Waals surface area contributed by atoms with Crippen molar-refractivity contribution in [3.8, 4) is 0 Å². The Morgan fingerprint density at radius 3 is 2.68 bits per heavy atom. The summed E-state index contributed by atoms with van der Waals surface area (Å²) in [4.78, 5) is 20.5. The van der Waals surface area contributed by atoms with Crippen molar-refractivity contribution >= 4 is 17.2 Å². The van der Waals surface area contributed by atoms with E-state index in [9.17, 15) is 4.79 Å². The largest absolute Gasteiger partial charge is 0.335 e. The predicted molar refractivity (Wildman–Crippen MR) is 89.4 cm³/mol. The van der Waals surface area contributed by atoms with Gasteiger partial charge in [-0.25, -0.2) is 0 Å². The summed E-state index contributed by atoms with van der Waals surface area (Å²) in [7, 11) is 0. The monoisotopic (exact) mass is 319 g/mol. The van der Waals surface area contributed by atoms with Gasteiger partial charge in [-0.15, -0.1) is 11.3 Å². The van der Waals surface area contributed by atoms with Crippen molar-refractivity contribution in [1.82, 2.24) is 14.7 Å². The number of piperazine rings is 1. The molecule has 0 radical (unpaired) electrons. The van der Waals surface area contributed by atoms with Crippen molar-refractivity contribution in [2.45, 2.75) is 25.3 Å². The molecule has 2 bridgehead atoms. The minimum absolute atomic E-state index is 0.214. The number of carbonyl (C=O) groups is 1. The van der Waals surface area contributed by atoms with Crippen molar-refractivity contribution in [1.29, 1.82) is 0 Å². The smallest absolute Gasteiger partial charge is 0.264 e. The average Bonchev–Trinajstić information content (AvgIpc) is 3.29. The quantitative estimate of drug-likeness (QED) is 0.849. The van der Waals surface area contributed by atoms with E-state index in [1.807, 2.05) is 22.4 Å². The molecule has 3 aliphatic rings. The minimum Gasteiger partial charge on any atom is -0.335 e. The lowest BCUT2D eigenvalue weighted by Crippen LogP contribution is -2.50. The minimum atomic E-state index is 0.214. The molecule has 0 unspecified atom stereocenters. The number of fused-ring (bicyclic) bond motifs is 2. The first kappa shape index (κ1) is 14.7. The maximum atomic E-state index is 12.3. The Morgan fingerprint density at radius 1 is 1.18 bits per heavy atom. The Balaban J connectivity index is 1.22. The van der Waals surface area contributed by atoms with E-state index < -0.39 is 0 Å². The van der Waals surface area contributed by atoms with Gasteiger partial charge in [0.05, 0.1) is 4.88 Å². The average molecular weight is 319 g/mol. The Kier molecular flexibility index (Phi) is 4.20. The van der Waals surface area contributed by atoms with Gasteiger partial charge < -0.3 is 4.90 Å². The van der Waals surface area contributed by atoms with E-state index in [0.29, 0.717) is 0 Å². The number of hydrogen-bond acceptors (Lipinski definition) is 4. The van der Waals surface area contributed by atoms with Crippen LogP contribution in [-0.4, -0.2) is 72.5 Å². The molecule has 1 saturated carbocycles. The van der Waals surface area contributed by atoms with Gasteiger partial charge in [0.15, 0.2) is 0 Å². The van der Waals surface area contributed by atoms with Crippen molar-refractivity contribution < 1.29 is 4.79 Å². The van der Waals surface area contributed by atoms with E-state index in [1.165, 1.54) is 38.9 Å². The molecule has 1 amide bonds. The van der Waals surface area contributed by atoms with Crippen LogP contribution >= 0.6 is 11.3 Å². The van der Waals surface area contributed by atoms with Crippen LogP contribution in [0.3, 0.4) is 0 Å². The van der Waals surface area contributed by atoms with Crippen LogP contribution in [0.4, 0.5) is 0 Å². The molecule has 120 valence electrons. The summed E-state index contributed by atoms with van der Waals surface area (Å²) in [5, 5.41) is 1.98. The lowest BCUT2D eigenvalue weighted by molar-refractivity contribution is 0.0621. The Bertz CT molecular complexity index is 510. The van der Waals surface area contributed by atoms with Gasteiger partial charge in [0.2, 0.25) is 0 Å². The third kappa shape index (κ3) is 2.94. The summed E-state index contributed by atoms with van der Waals surface area (Å²) in [5.74, 6) is 1.21. The molecule has 2 saturated heterocycles. The maximum absolute atomic E-state index is 12.3. The van der Waals surface area contributed by atoms with E-state index >= 15 is 0 Å². The molecule has 4 nitrogen and oxygen atoms in total. The number of piperidine rings is 1. The highest BCUT2D eigenvalue weighted by Crippen LogP contribution is 2.36. The lowest BCUT2D eigenvalue weighted by Gasteiger charge is -2.36. The molecule has 0 aromatic carbocycles. The molecular weight excluding hydrogens is 294 g/mol. The summed E-state index contributed by atoms with van der Waals surface area (Å²) in [6.07, 6.45) is 4.33. The zero-order valence-corrected chi connectivity index (χ0v) is 13.9. The van der Waals surface area contributed by atoms with Gasteiger partial charge in [-0.1, -0.05) is 6.07 Å². The van der Waals surface area contributed by atoms with Crippen LogP contribution in [-0.2, 0) is 0 Å². The number of carbonyl (C=O) groups excluding carboxylic acids is 1. The Morgan fingerprint density at radius 2 is 2.05 bits per heavy atom. The summed E-state index contributed by atoms with van der Waals surface area (Å²) in [6.45, 7) is 7.54. The van der Waals surface area contributed by atoms with Gasteiger partial charge in [-0.05, 0) is 36.6 Å². The molecule has 3 heterocycles. The Hall–Kier alpha value is -0.910. The fourth-order valence-electron chi connectivity index (χ4n) is 4.30. The fraction of sp³-hybridized carbons (Fsp3) is 0.706. The van der Waals surface area contributed by atoms with Gasteiger partial charge in [-0.3, -0.25) is 14.6 Å². The zero-order valence-electron chi connectivity index (χ0n) is 13.1. The first-order valence-electron chi connectivity index (χ1n) is 8.59. The normalized spacial score (nSPS) is 29.4. The molecule has 1 aliphatic carbocycles. The second kappa shape index (κ2) is 6.30. The molecule has 2 aliphatic heterocycles. The number of thiophene rings is 1. The molecule has 4 rings (SSSR count). The highest BCUT2D eigenvalue weighted by atomic mass is 32.1. The van der Waals surface area contributed by atoms with E-state index in [4.69, 9.17) is 0 Å². The highest BCUT2D eigenvalue weighted by Gasteiger charge is 2.37. The predicted octanol–water partition coefficient (Wildman–Crippen LogP) is 1.99. The van der Waals surface area contributed by atoms with Crippen LogP contribution in [0.25, 0.3) is 0 Å². The first-order valence-corrected chi connectivity index (χ1v) is 9.47. The first-order chi connectivity index (χ1) is 10.8. The van der Waals surface area contributed by atoms with Gasteiger partial charge in [0, 0.05) is 51.9 Å². The summed E-state index contributed by atoms with van der Waals surface area (Å²) < 4.78 is 0. The van der Waals surface area contributed by atoms with Crippen LogP contribution in [0.15, 0.2) is 17.5 Å². The van der Waals surface area contributed by atoms with E-state index in [1.54, 1.807) is 11.3 Å². The van der Waals surface area contributed by atoms with Crippen molar-refractivity contribution in [2.75, 3.05) is 45.8 Å². The highest BCUT2D eigenvalue weighted by molar-refractivity contribution is 7.12. The zero-order chi connectivity index (χ0) is 14.9. The molecule has 22 heavy (non-hydrogen) atoms. The number of amides is 1. The van der Waals surface area contributed by atoms with Gasteiger partial charge in [-0.2, -0.15) is 0 Å². The molecule has 2 atom stereocenters. The van der Waals surface area contributed by atoms with Crippen LogP contribution in [0.1, 0.15) is 28.9 Å².